The summed E-state index contributed by atoms with van der Waals surface area (Å²) in [4.78, 5) is 9.07. The van der Waals surface area contributed by atoms with Crippen LogP contribution in [0.4, 0.5) is 0 Å². The second kappa shape index (κ2) is 6.35. The number of ether oxygens (including phenoxy) is 1. The number of hydrogen-bond acceptors (Lipinski definition) is 3. The lowest BCUT2D eigenvalue weighted by Gasteiger charge is -2.20. The highest BCUT2D eigenvalue weighted by Crippen LogP contribution is 2.29. The number of methoxy groups -OCH3 is 1. The van der Waals surface area contributed by atoms with Gasteiger partial charge in [-0.15, -0.1) is 11.6 Å². The van der Waals surface area contributed by atoms with E-state index in [1.165, 1.54) is 0 Å². The van der Waals surface area contributed by atoms with Crippen molar-refractivity contribution in [1.82, 2.24) is 14.5 Å². The molecule has 19 heavy (non-hydrogen) atoms. The first-order valence-electron chi connectivity index (χ1n) is 6.64. The molecule has 2 aromatic rings. The van der Waals surface area contributed by atoms with Crippen LogP contribution in [0.15, 0.2) is 18.3 Å². The zero-order chi connectivity index (χ0) is 13.8. The average Bonchev–Trinajstić information content (AvgIpc) is 2.78. The highest BCUT2D eigenvalue weighted by atomic mass is 35.5. The van der Waals surface area contributed by atoms with E-state index in [0.717, 1.165) is 29.8 Å². The van der Waals surface area contributed by atoms with Crippen molar-refractivity contribution in [1.29, 1.82) is 0 Å². The third-order valence-corrected chi connectivity index (χ3v) is 3.37. The fourth-order valence-corrected chi connectivity index (χ4v) is 2.55. The summed E-state index contributed by atoms with van der Waals surface area (Å²) < 4.78 is 7.48. The summed E-state index contributed by atoms with van der Waals surface area (Å²) in [6, 6.07) is 4.09. The fraction of sp³-hybridized carbons (Fsp3) is 0.571. The van der Waals surface area contributed by atoms with Crippen LogP contribution < -0.4 is 0 Å². The van der Waals surface area contributed by atoms with Gasteiger partial charge in [0.2, 0.25) is 0 Å². The Morgan fingerprint density at radius 3 is 2.89 bits per heavy atom. The predicted molar refractivity (Wildman–Crippen MR) is 77.6 cm³/mol. The molecule has 0 spiro atoms. The molecule has 0 amide bonds. The lowest BCUT2D eigenvalue weighted by molar-refractivity contribution is 0.150. The Kier molecular flexibility index (Phi) is 4.77. The van der Waals surface area contributed by atoms with Crippen LogP contribution in [0.5, 0.6) is 0 Å². The molecule has 4 nitrogen and oxygen atoms in total. The van der Waals surface area contributed by atoms with Crippen LogP contribution in [-0.2, 0) is 4.74 Å². The molecule has 0 fully saturated rings. The van der Waals surface area contributed by atoms with Crippen molar-refractivity contribution in [2.75, 3.05) is 13.7 Å². The number of rotatable bonds is 6. The van der Waals surface area contributed by atoms with E-state index < -0.39 is 0 Å². The van der Waals surface area contributed by atoms with E-state index in [9.17, 15) is 0 Å². The molecule has 5 heteroatoms. The molecule has 2 rings (SSSR count). The number of aromatic nitrogens is 3. The van der Waals surface area contributed by atoms with Gasteiger partial charge in [-0.1, -0.05) is 13.3 Å². The van der Waals surface area contributed by atoms with E-state index >= 15 is 0 Å². The van der Waals surface area contributed by atoms with Crippen LogP contribution in [0.2, 0.25) is 0 Å². The summed E-state index contributed by atoms with van der Waals surface area (Å²) in [5.41, 5.74) is 1.78. The van der Waals surface area contributed by atoms with Gasteiger partial charge in [0.15, 0.2) is 5.65 Å². The van der Waals surface area contributed by atoms with Gasteiger partial charge in [0.25, 0.3) is 0 Å². The minimum Gasteiger partial charge on any atom is -0.383 e. The van der Waals surface area contributed by atoms with E-state index in [1.54, 1.807) is 13.3 Å². The first-order valence-corrected chi connectivity index (χ1v) is 7.08. The minimum atomic E-state index is -0.148. The van der Waals surface area contributed by atoms with Gasteiger partial charge in [-0.3, -0.25) is 0 Å². The predicted octanol–water partition coefficient (Wildman–Crippen LogP) is 3.72. The van der Waals surface area contributed by atoms with Gasteiger partial charge in [-0.05, 0) is 25.5 Å². The molecule has 0 aliphatic heterocycles. The van der Waals surface area contributed by atoms with Crippen LogP contribution >= 0.6 is 11.6 Å². The van der Waals surface area contributed by atoms with Gasteiger partial charge in [0.05, 0.1) is 18.0 Å². The van der Waals surface area contributed by atoms with Crippen molar-refractivity contribution in [3.63, 3.8) is 0 Å². The van der Waals surface area contributed by atoms with Crippen LogP contribution in [0.25, 0.3) is 11.2 Å². The van der Waals surface area contributed by atoms with Crippen molar-refractivity contribution in [3.05, 3.63) is 24.2 Å². The summed E-state index contributed by atoms with van der Waals surface area (Å²) in [7, 11) is 1.72. The molecule has 0 saturated carbocycles. The van der Waals surface area contributed by atoms with E-state index in [4.69, 9.17) is 16.3 Å². The van der Waals surface area contributed by atoms with E-state index in [2.05, 4.69) is 21.5 Å². The van der Waals surface area contributed by atoms with Crippen molar-refractivity contribution < 1.29 is 4.74 Å². The van der Waals surface area contributed by atoms with Crippen molar-refractivity contribution in [2.45, 2.75) is 38.1 Å². The average molecular weight is 282 g/mol. The first-order chi connectivity index (χ1) is 9.19. The Morgan fingerprint density at radius 1 is 1.47 bits per heavy atom. The van der Waals surface area contributed by atoms with Crippen LogP contribution in [0.3, 0.4) is 0 Å². The van der Waals surface area contributed by atoms with Crippen molar-refractivity contribution >= 4 is 22.8 Å². The topological polar surface area (TPSA) is 39.9 Å². The maximum Gasteiger partial charge on any atom is 0.160 e. The highest BCUT2D eigenvalue weighted by molar-refractivity contribution is 6.20. The van der Waals surface area contributed by atoms with Gasteiger partial charge >= 0.3 is 0 Å². The number of alkyl halides is 1. The lowest BCUT2D eigenvalue weighted by atomic mass is 10.1. The molecule has 0 radical (unpaired) electrons. The second-order valence-electron chi connectivity index (χ2n) is 4.70. The number of imidazole rings is 1. The van der Waals surface area contributed by atoms with Crippen LogP contribution in [0, 0.1) is 0 Å². The standard InChI is InChI=1S/C14H20ClN3O/c1-4-6-11(9-19-3)18-13(10(2)15)17-12-7-5-8-16-14(12)18/h5,7-8,10-11H,4,6,9H2,1-3H3. The maximum atomic E-state index is 6.27. The number of hydrogen-bond donors (Lipinski definition) is 0. The Morgan fingerprint density at radius 2 is 2.26 bits per heavy atom. The number of nitrogens with zero attached hydrogens (tertiary/aromatic N) is 3. The normalized spacial score (nSPS) is 14.7. The van der Waals surface area contributed by atoms with Gasteiger partial charge < -0.3 is 9.30 Å². The van der Waals surface area contributed by atoms with Crippen molar-refractivity contribution in [2.24, 2.45) is 0 Å². The molecule has 104 valence electrons. The van der Waals surface area contributed by atoms with Gasteiger partial charge in [0, 0.05) is 13.3 Å². The van der Waals surface area contributed by atoms with E-state index in [0.29, 0.717) is 6.61 Å². The summed E-state index contributed by atoms with van der Waals surface area (Å²) >= 11 is 6.27. The molecule has 2 atom stereocenters. The lowest BCUT2D eigenvalue weighted by Crippen LogP contribution is -2.18. The van der Waals surface area contributed by atoms with Crippen molar-refractivity contribution in [3.8, 4) is 0 Å². The molecule has 0 aliphatic rings. The Hall–Kier alpha value is -1.13. The maximum absolute atomic E-state index is 6.27. The molecule has 2 unspecified atom stereocenters. The van der Waals surface area contributed by atoms with Crippen LogP contribution in [-0.4, -0.2) is 28.3 Å². The monoisotopic (exact) mass is 281 g/mol. The quantitative estimate of drug-likeness (QED) is 0.758. The van der Waals surface area contributed by atoms with E-state index in [1.807, 2.05) is 19.1 Å². The summed E-state index contributed by atoms with van der Waals surface area (Å²) in [6.07, 6.45) is 3.89. The molecule has 0 saturated heterocycles. The van der Waals surface area contributed by atoms with Gasteiger partial charge in [-0.2, -0.15) is 0 Å². The summed E-state index contributed by atoms with van der Waals surface area (Å²) in [5, 5.41) is -0.148. The highest BCUT2D eigenvalue weighted by Gasteiger charge is 2.21. The molecule has 0 N–H and O–H groups in total. The minimum absolute atomic E-state index is 0.148. The molecule has 0 aromatic carbocycles. The molecule has 0 bridgehead atoms. The molecule has 2 aromatic heterocycles. The zero-order valence-electron chi connectivity index (χ0n) is 11.6. The van der Waals surface area contributed by atoms with Gasteiger partial charge in [-0.25, -0.2) is 9.97 Å². The molecular formula is C14H20ClN3O. The summed E-state index contributed by atoms with van der Waals surface area (Å²) in [6.45, 7) is 4.75. The summed E-state index contributed by atoms with van der Waals surface area (Å²) in [5.74, 6) is 0.867. The third kappa shape index (κ3) is 2.90. The SMILES string of the molecule is CCCC(COC)n1c(C(C)Cl)nc2cccnc21. The first kappa shape index (κ1) is 14.3. The van der Waals surface area contributed by atoms with E-state index in [-0.39, 0.29) is 11.4 Å². The van der Waals surface area contributed by atoms with Crippen LogP contribution in [0.1, 0.15) is 43.9 Å². The molecule has 2 heterocycles. The zero-order valence-corrected chi connectivity index (χ0v) is 12.4. The Balaban J connectivity index is 2.56. The number of pyridine rings is 1. The molecular weight excluding hydrogens is 262 g/mol. The Labute approximate surface area is 118 Å². The fourth-order valence-electron chi connectivity index (χ4n) is 2.40. The molecule has 0 aliphatic carbocycles. The number of halogens is 1. The largest absolute Gasteiger partial charge is 0.383 e. The second-order valence-corrected chi connectivity index (χ2v) is 5.35. The van der Waals surface area contributed by atoms with Gasteiger partial charge in [0.1, 0.15) is 11.3 Å². The number of fused-ring (bicyclic) bond motifs is 1. The third-order valence-electron chi connectivity index (χ3n) is 3.18. The smallest absolute Gasteiger partial charge is 0.160 e. The Bertz CT molecular complexity index is 532.